The molecule has 5 heteroatoms. The summed E-state index contributed by atoms with van der Waals surface area (Å²) in [6, 6.07) is 8.43. The van der Waals surface area contributed by atoms with Gasteiger partial charge in [0.15, 0.2) is 0 Å². The van der Waals surface area contributed by atoms with Gasteiger partial charge in [0.1, 0.15) is 11.7 Å². The third-order valence-corrected chi connectivity index (χ3v) is 4.27. The normalized spacial score (nSPS) is 20.6. The average Bonchev–Trinajstić information content (AvgIpc) is 3.00. The molecule has 2 heterocycles. The minimum absolute atomic E-state index is 0.162. The summed E-state index contributed by atoms with van der Waals surface area (Å²) in [6.45, 7) is 8.95. The first-order valence-electron chi connectivity index (χ1n) is 8.82. The maximum Gasteiger partial charge on any atom is 0.410 e. The second-order valence-corrected chi connectivity index (χ2v) is 7.64. The van der Waals surface area contributed by atoms with Gasteiger partial charge < -0.3 is 14.5 Å². The lowest BCUT2D eigenvalue weighted by atomic mass is 9.97. The molecule has 0 spiro atoms. The summed E-state index contributed by atoms with van der Waals surface area (Å²) in [5, 5.41) is 4.13. The third kappa shape index (κ3) is 4.41. The van der Waals surface area contributed by atoms with Crippen molar-refractivity contribution in [2.75, 3.05) is 13.1 Å². The average molecular weight is 342 g/mol. The van der Waals surface area contributed by atoms with E-state index in [0.29, 0.717) is 13.1 Å². The van der Waals surface area contributed by atoms with Crippen molar-refractivity contribution >= 4 is 17.4 Å². The van der Waals surface area contributed by atoms with Crippen molar-refractivity contribution in [2.45, 2.75) is 52.2 Å². The van der Waals surface area contributed by atoms with Gasteiger partial charge in [-0.1, -0.05) is 35.5 Å². The summed E-state index contributed by atoms with van der Waals surface area (Å²) in [5.41, 5.74) is 4.12. The molecule has 0 bridgehead atoms. The van der Waals surface area contributed by atoms with Gasteiger partial charge in [-0.05, 0) is 50.8 Å². The molecule has 0 aliphatic carbocycles. The molecule has 0 radical (unpaired) electrons. The fourth-order valence-electron chi connectivity index (χ4n) is 2.97. The predicted octanol–water partition coefficient (Wildman–Crippen LogP) is 4.22. The first-order chi connectivity index (χ1) is 11.8. The van der Waals surface area contributed by atoms with Gasteiger partial charge in [-0.2, -0.15) is 0 Å². The molecule has 134 valence electrons. The van der Waals surface area contributed by atoms with Crippen LogP contribution in [0.2, 0.25) is 0 Å². The number of benzene rings is 1. The topological polar surface area (TPSA) is 51.1 Å². The first kappa shape index (κ1) is 17.5. The Balaban J connectivity index is 1.63. The second-order valence-electron chi connectivity index (χ2n) is 7.64. The number of hydrogen-bond acceptors (Lipinski definition) is 4. The molecule has 2 aliphatic heterocycles. The van der Waals surface area contributed by atoms with Crippen LogP contribution < -0.4 is 0 Å². The van der Waals surface area contributed by atoms with Crippen molar-refractivity contribution in [3.8, 4) is 0 Å². The quantitative estimate of drug-likeness (QED) is 0.808. The first-order valence-corrected chi connectivity index (χ1v) is 8.82. The zero-order chi connectivity index (χ0) is 18.0. The zero-order valence-corrected chi connectivity index (χ0v) is 15.4. The summed E-state index contributed by atoms with van der Waals surface area (Å²) in [5.74, 6) is 0. The Labute approximate surface area is 149 Å². The number of oxime groups is 1. The van der Waals surface area contributed by atoms with Crippen LogP contribution in [0.25, 0.3) is 5.57 Å². The molecular formula is C20H26N2O3. The third-order valence-electron chi connectivity index (χ3n) is 4.27. The molecule has 0 unspecified atom stereocenters. The number of carbonyl (C=O) groups is 1. The molecule has 0 N–H and O–H groups in total. The van der Waals surface area contributed by atoms with Gasteiger partial charge in [0.25, 0.3) is 0 Å². The Morgan fingerprint density at radius 2 is 1.92 bits per heavy atom. The van der Waals surface area contributed by atoms with E-state index in [1.165, 1.54) is 11.1 Å². The number of carbonyl (C=O) groups excluding carboxylic acids is 1. The molecule has 5 nitrogen and oxygen atoms in total. The van der Waals surface area contributed by atoms with E-state index in [1.807, 2.05) is 27.7 Å². The minimum atomic E-state index is -0.457. The van der Waals surface area contributed by atoms with Crippen molar-refractivity contribution in [2.24, 2.45) is 5.16 Å². The lowest BCUT2D eigenvalue weighted by Crippen LogP contribution is -2.39. The van der Waals surface area contributed by atoms with Gasteiger partial charge in [0.2, 0.25) is 0 Å². The summed E-state index contributed by atoms with van der Waals surface area (Å²) >= 11 is 0. The molecule has 1 aromatic carbocycles. The van der Waals surface area contributed by atoms with E-state index < -0.39 is 5.60 Å². The van der Waals surface area contributed by atoms with Gasteiger partial charge in [0.05, 0.1) is 5.71 Å². The Hall–Kier alpha value is -2.30. The molecule has 0 saturated heterocycles. The van der Waals surface area contributed by atoms with Gasteiger partial charge in [-0.3, -0.25) is 0 Å². The van der Waals surface area contributed by atoms with E-state index >= 15 is 0 Å². The van der Waals surface area contributed by atoms with Gasteiger partial charge in [0, 0.05) is 19.5 Å². The van der Waals surface area contributed by atoms with Crippen LogP contribution >= 0.6 is 0 Å². The van der Waals surface area contributed by atoms with Gasteiger partial charge in [-0.25, -0.2) is 4.79 Å². The van der Waals surface area contributed by atoms with Crippen molar-refractivity contribution in [3.05, 3.63) is 41.5 Å². The van der Waals surface area contributed by atoms with E-state index in [4.69, 9.17) is 9.57 Å². The van der Waals surface area contributed by atoms with Crippen LogP contribution in [-0.2, 0) is 9.57 Å². The van der Waals surface area contributed by atoms with E-state index in [1.54, 1.807) is 4.90 Å². The smallest absolute Gasteiger partial charge is 0.410 e. The SMILES string of the molecule is C[C@@H]1CC(c2ccc(C3=CCN(C(=O)OC(C)(C)C)CC3)cc2)=NO1. The highest BCUT2D eigenvalue weighted by atomic mass is 16.6. The summed E-state index contributed by atoms with van der Waals surface area (Å²) in [6.07, 6.45) is 3.72. The molecule has 0 fully saturated rings. The number of amides is 1. The summed E-state index contributed by atoms with van der Waals surface area (Å²) in [4.78, 5) is 19.1. The van der Waals surface area contributed by atoms with Gasteiger partial charge in [-0.15, -0.1) is 0 Å². The van der Waals surface area contributed by atoms with Crippen LogP contribution in [0, 0.1) is 0 Å². The number of nitrogens with zero attached hydrogens (tertiary/aromatic N) is 2. The second kappa shape index (κ2) is 6.90. The van der Waals surface area contributed by atoms with Crippen molar-refractivity contribution in [1.82, 2.24) is 4.90 Å². The highest BCUT2D eigenvalue weighted by Gasteiger charge is 2.24. The molecule has 25 heavy (non-hydrogen) atoms. The standard InChI is InChI=1S/C20H26N2O3/c1-14-13-18(21-25-14)17-7-5-15(6-8-17)16-9-11-22(12-10-16)19(23)24-20(2,3)4/h5-9,14H,10-13H2,1-4H3/t14-/m1/s1. The van der Waals surface area contributed by atoms with Crippen molar-refractivity contribution in [1.29, 1.82) is 0 Å². The van der Waals surface area contributed by atoms with Crippen LogP contribution in [0.5, 0.6) is 0 Å². The molecule has 0 saturated carbocycles. The fourth-order valence-corrected chi connectivity index (χ4v) is 2.97. The van der Waals surface area contributed by atoms with E-state index in [0.717, 1.165) is 24.1 Å². The number of hydrogen-bond donors (Lipinski definition) is 0. The number of rotatable bonds is 2. The molecule has 1 amide bonds. The van der Waals surface area contributed by atoms with Crippen LogP contribution in [0.15, 0.2) is 35.5 Å². The Morgan fingerprint density at radius 3 is 2.44 bits per heavy atom. The molecule has 2 aliphatic rings. The van der Waals surface area contributed by atoms with Crippen LogP contribution in [-0.4, -0.2) is 41.5 Å². The molecule has 1 atom stereocenters. The van der Waals surface area contributed by atoms with E-state index in [9.17, 15) is 4.79 Å². The highest BCUT2D eigenvalue weighted by Crippen LogP contribution is 2.25. The maximum atomic E-state index is 12.1. The molecule has 0 aromatic heterocycles. The van der Waals surface area contributed by atoms with Crippen molar-refractivity contribution in [3.63, 3.8) is 0 Å². The van der Waals surface area contributed by atoms with Crippen molar-refractivity contribution < 1.29 is 14.4 Å². The molecule has 1 aromatic rings. The molecule has 3 rings (SSSR count). The maximum absolute atomic E-state index is 12.1. The Bertz CT molecular complexity index is 699. The monoisotopic (exact) mass is 342 g/mol. The van der Waals surface area contributed by atoms with Crippen LogP contribution in [0.3, 0.4) is 0 Å². The van der Waals surface area contributed by atoms with Crippen LogP contribution in [0.1, 0.15) is 51.7 Å². The minimum Gasteiger partial charge on any atom is -0.444 e. The van der Waals surface area contributed by atoms with E-state index in [-0.39, 0.29) is 12.2 Å². The lowest BCUT2D eigenvalue weighted by molar-refractivity contribution is 0.0270. The highest BCUT2D eigenvalue weighted by molar-refractivity contribution is 6.01. The lowest BCUT2D eigenvalue weighted by Gasteiger charge is -2.29. The largest absolute Gasteiger partial charge is 0.444 e. The molecular weight excluding hydrogens is 316 g/mol. The fraction of sp³-hybridized carbons (Fsp3) is 0.500. The van der Waals surface area contributed by atoms with Gasteiger partial charge >= 0.3 is 6.09 Å². The summed E-state index contributed by atoms with van der Waals surface area (Å²) in [7, 11) is 0. The Morgan fingerprint density at radius 1 is 1.24 bits per heavy atom. The van der Waals surface area contributed by atoms with E-state index in [2.05, 4.69) is 35.5 Å². The predicted molar refractivity (Wildman–Crippen MR) is 98.5 cm³/mol. The Kier molecular flexibility index (Phi) is 4.84. The zero-order valence-electron chi connectivity index (χ0n) is 15.4. The summed E-state index contributed by atoms with van der Waals surface area (Å²) < 4.78 is 5.43. The number of ether oxygens (including phenoxy) is 1. The van der Waals surface area contributed by atoms with Crippen LogP contribution in [0.4, 0.5) is 4.79 Å².